The van der Waals surface area contributed by atoms with Crippen molar-refractivity contribution in [1.82, 2.24) is 25.0 Å². The van der Waals surface area contributed by atoms with Gasteiger partial charge in [-0.1, -0.05) is 32.1 Å². The molecule has 0 aromatic carbocycles. The molecule has 2 aromatic heterocycles. The number of aromatic nitrogens is 3. The van der Waals surface area contributed by atoms with Gasteiger partial charge < -0.3 is 15.1 Å². The molecule has 174 valence electrons. The summed E-state index contributed by atoms with van der Waals surface area (Å²) in [7, 11) is 0. The molecule has 1 amide bonds. The molecule has 0 aliphatic carbocycles. The van der Waals surface area contributed by atoms with Crippen molar-refractivity contribution in [3.8, 4) is 0 Å². The summed E-state index contributed by atoms with van der Waals surface area (Å²) >= 11 is 0. The highest BCUT2D eigenvalue weighted by Crippen LogP contribution is 2.25. The lowest BCUT2D eigenvalue weighted by Crippen LogP contribution is -2.45. The molecule has 32 heavy (non-hydrogen) atoms. The fourth-order valence-electron chi connectivity index (χ4n) is 5.52. The number of carbonyl (C=O) groups excluding carboxylic acids is 1. The molecule has 0 spiro atoms. The predicted molar refractivity (Wildman–Crippen MR) is 128 cm³/mol. The summed E-state index contributed by atoms with van der Waals surface area (Å²) in [5.41, 5.74) is 1.42. The maximum atomic E-state index is 13.2. The number of rotatable bonds is 1. The molecule has 1 N–H and O–H groups in total. The number of nitrogens with zero attached hydrogens (tertiary/aromatic N) is 5. The van der Waals surface area contributed by atoms with Crippen LogP contribution in [0.1, 0.15) is 81.1 Å². The Bertz CT molecular complexity index is 909. The van der Waals surface area contributed by atoms with Gasteiger partial charge in [-0.25, -0.2) is 9.67 Å². The molecule has 0 unspecified atom stereocenters. The Morgan fingerprint density at radius 3 is 2.19 bits per heavy atom. The van der Waals surface area contributed by atoms with E-state index in [1.807, 2.05) is 4.68 Å². The average molecular weight is 439 g/mol. The Balaban J connectivity index is 1.44. The second-order valence-corrected chi connectivity index (χ2v) is 9.87. The van der Waals surface area contributed by atoms with Gasteiger partial charge in [0.15, 0.2) is 11.3 Å². The molecule has 7 heteroatoms. The second kappa shape index (κ2) is 10.2. The van der Waals surface area contributed by atoms with E-state index in [2.05, 4.69) is 27.2 Å². The first-order chi connectivity index (χ1) is 15.8. The van der Waals surface area contributed by atoms with Crippen LogP contribution in [0.4, 0.5) is 5.82 Å². The van der Waals surface area contributed by atoms with Crippen LogP contribution in [0.25, 0.3) is 11.0 Å². The maximum Gasteiger partial charge on any atom is 0.272 e. The van der Waals surface area contributed by atoms with E-state index in [-0.39, 0.29) is 11.9 Å². The number of amides is 1. The summed E-state index contributed by atoms with van der Waals surface area (Å²) in [5, 5.41) is 8.97. The number of hydrogen-bond donors (Lipinski definition) is 1. The predicted octanol–water partition coefficient (Wildman–Crippen LogP) is 3.97. The zero-order valence-electron chi connectivity index (χ0n) is 19.4. The minimum Gasteiger partial charge on any atom is -0.357 e. The van der Waals surface area contributed by atoms with E-state index in [0.29, 0.717) is 5.69 Å². The number of piperidine rings is 1. The van der Waals surface area contributed by atoms with E-state index in [9.17, 15) is 4.79 Å². The van der Waals surface area contributed by atoms with E-state index in [0.717, 1.165) is 68.8 Å². The van der Waals surface area contributed by atoms with Crippen LogP contribution in [0.5, 0.6) is 0 Å². The van der Waals surface area contributed by atoms with E-state index in [4.69, 9.17) is 10.1 Å². The van der Waals surface area contributed by atoms with Gasteiger partial charge in [0.05, 0.1) is 5.39 Å². The summed E-state index contributed by atoms with van der Waals surface area (Å²) in [4.78, 5) is 23.2. The first-order valence-corrected chi connectivity index (χ1v) is 12.9. The monoisotopic (exact) mass is 438 g/mol. The highest BCUT2D eigenvalue weighted by atomic mass is 16.2. The first-order valence-electron chi connectivity index (χ1n) is 12.9. The Morgan fingerprint density at radius 1 is 0.781 bits per heavy atom. The minimum absolute atomic E-state index is 0.0383. The van der Waals surface area contributed by atoms with Gasteiger partial charge in [-0.3, -0.25) is 4.79 Å². The quantitative estimate of drug-likeness (QED) is 0.730. The molecule has 0 atom stereocenters. The van der Waals surface area contributed by atoms with Gasteiger partial charge in [-0.05, 0) is 57.2 Å². The van der Waals surface area contributed by atoms with Crippen molar-refractivity contribution in [3.63, 3.8) is 0 Å². The van der Waals surface area contributed by atoms with Crippen molar-refractivity contribution in [1.29, 1.82) is 0 Å². The van der Waals surface area contributed by atoms with Crippen molar-refractivity contribution >= 4 is 22.8 Å². The van der Waals surface area contributed by atoms with Crippen LogP contribution >= 0.6 is 0 Å². The van der Waals surface area contributed by atoms with Crippen molar-refractivity contribution < 1.29 is 4.79 Å². The fraction of sp³-hybridized carbons (Fsp3) is 0.720. The molecule has 0 radical (unpaired) electrons. The van der Waals surface area contributed by atoms with Crippen LogP contribution in [0.2, 0.25) is 0 Å². The lowest BCUT2D eigenvalue weighted by atomic mass is 10.0. The van der Waals surface area contributed by atoms with Crippen LogP contribution in [0.15, 0.2) is 12.1 Å². The minimum atomic E-state index is -0.0383. The van der Waals surface area contributed by atoms with Gasteiger partial charge in [0.25, 0.3) is 5.91 Å². The van der Waals surface area contributed by atoms with Crippen LogP contribution < -0.4 is 10.2 Å². The third-order valence-corrected chi connectivity index (χ3v) is 7.49. The lowest BCUT2D eigenvalue weighted by Gasteiger charge is -2.32. The smallest absolute Gasteiger partial charge is 0.272 e. The largest absolute Gasteiger partial charge is 0.357 e. The molecule has 6 heterocycles. The standard InChI is InChI=1S/C25H38N6O/c32-25-23-21-10-11-22(30-15-7-4-5-8-16-30)27-24(21)31(28-23)17-9-3-1-2-6-14-29-18-12-20(26-25)13-19-29/h10-11,20H,1-9,12-19H2,(H,26,32). The Hall–Kier alpha value is -2.15. The Kier molecular flexibility index (Phi) is 6.91. The molecule has 6 rings (SSSR count). The lowest BCUT2D eigenvalue weighted by molar-refractivity contribution is 0.0906. The normalized spacial score (nSPS) is 26.1. The number of pyridine rings is 1. The summed E-state index contributed by atoms with van der Waals surface area (Å²) < 4.78 is 2.00. The maximum absolute atomic E-state index is 13.2. The van der Waals surface area contributed by atoms with E-state index < -0.39 is 0 Å². The molecule has 4 aliphatic heterocycles. The number of anilines is 1. The van der Waals surface area contributed by atoms with E-state index in [1.54, 1.807) is 0 Å². The van der Waals surface area contributed by atoms with Crippen LogP contribution in [-0.4, -0.2) is 64.3 Å². The second-order valence-electron chi connectivity index (χ2n) is 9.87. The number of fused-ring (bicyclic) bond motifs is 10. The van der Waals surface area contributed by atoms with Gasteiger partial charge in [0, 0.05) is 38.8 Å². The van der Waals surface area contributed by atoms with Gasteiger partial charge in [-0.15, -0.1) is 0 Å². The molecule has 4 bridgehead atoms. The zero-order chi connectivity index (χ0) is 21.8. The Labute approximate surface area is 191 Å². The average Bonchev–Trinajstić information content (AvgIpc) is 2.97. The molecule has 4 aliphatic rings. The van der Waals surface area contributed by atoms with E-state index >= 15 is 0 Å². The van der Waals surface area contributed by atoms with Crippen LogP contribution in [0, 0.1) is 0 Å². The van der Waals surface area contributed by atoms with Gasteiger partial charge >= 0.3 is 0 Å². The highest BCUT2D eigenvalue weighted by Gasteiger charge is 2.25. The van der Waals surface area contributed by atoms with Crippen molar-refractivity contribution in [3.05, 3.63) is 17.8 Å². The number of nitrogens with one attached hydrogen (secondary N) is 1. The topological polar surface area (TPSA) is 66.3 Å². The van der Waals surface area contributed by atoms with Gasteiger partial charge in [0.2, 0.25) is 0 Å². The van der Waals surface area contributed by atoms with Crippen molar-refractivity contribution in [2.45, 2.75) is 83.2 Å². The van der Waals surface area contributed by atoms with Crippen LogP contribution in [-0.2, 0) is 6.54 Å². The molecule has 2 saturated heterocycles. The third-order valence-electron chi connectivity index (χ3n) is 7.49. The van der Waals surface area contributed by atoms with Crippen molar-refractivity contribution in [2.24, 2.45) is 0 Å². The summed E-state index contributed by atoms with van der Waals surface area (Å²) in [6, 6.07) is 4.42. The molecule has 0 saturated carbocycles. The Morgan fingerprint density at radius 2 is 1.44 bits per heavy atom. The SMILES string of the molecule is O=C1NC2CCN(CCCCCCCn3nc1c1ccc(N4CCCCCC4)nc13)CC2. The first kappa shape index (κ1) is 21.7. The number of aryl methyl sites for hydroxylation is 1. The summed E-state index contributed by atoms with van der Waals surface area (Å²) in [6.45, 7) is 6.34. The van der Waals surface area contributed by atoms with Crippen LogP contribution in [0.3, 0.4) is 0 Å². The van der Waals surface area contributed by atoms with Crippen molar-refractivity contribution in [2.75, 3.05) is 37.6 Å². The third kappa shape index (κ3) is 4.92. The zero-order valence-corrected chi connectivity index (χ0v) is 19.4. The molecule has 2 fully saturated rings. The number of hydrogen-bond acceptors (Lipinski definition) is 5. The molecule has 7 nitrogen and oxygen atoms in total. The van der Waals surface area contributed by atoms with Gasteiger partial charge in [-0.2, -0.15) is 5.10 Å². The fourth-order valence-corrected chi connectivity index (χ4v) is 5.52. The van der Waals surface area contributed by atoms with E-state index in [1.165, 1.54) is 57.9 Å². The molecular formula is C25H38N6O. The highest BCUT2D eigenvalue weighted by molar-refractivity contribution is 6.04. The number of carbonyl (C=O) groups is 1. The summed E-state index contributed by atoms with van der Waals surface area (Å²) in [5.74, 6) is 0.995. The van der Waals surface area contributed by atoms with Gasteiger partial charge in [0.1, 0.15) is 5.82 Å². The molecule has 2 aromatic rings. The molecular weight excluding hydrogens is 400 g/mol. The summed E-state index contributed by atoms with van der Waals surface area (Å²) in [6.07, 6.45) is 13.3.